The standard InChI is InChI=1S/C16H17BN2O2.C10H5BrN2.2CH4/c1-15(2)16(3,4)21-17(20-15)13-8-6-7-11-9-14(18-5)19-10-12(11)13;1-12-10-5-7-3-2-4-9(11)8(7)6-13-10;;/h6-10H,1-4H3;2-6H;2*1H4. The van der Waals surface area contributed by atoms with Crippen molar-refractivity contribution in [3.8, 4) is 0 Å². The van der Waals surface area contributed by atoms with Crippen LogP contribution in [0.1, 0.15) is 42.5 Å². The van der Waals surface area contributed by atoms with Gasteiger partial charge in [0.15, 0.2) is 0 Å². The van der Waals surface area contributed by atoms with Gasteiger partial charge in [-0.15, -0.1) is 9.97 Å². The Bertz CT molecular complexity index is 1460. The lowest BCUT2D eigenvalue weighted by molar-refractivity contribution is 0.00578. The summed E-state index contributed by atoms with van der Waals surface area (Å²) in [6, 6.07) is 15.4. The van der Waals surface area contributed by atoms with E-state index in [1.165, 1.54) is 0 Å². The van der Waals surface area contributed by atoms with Crippen LogP contribution in [0.5, 0.6) is 0 Å². The van der Waals surface area contributed by atoms with E-state index in [0.29, 0.717) is 11.6 Å². The number of nitrogens with zero attached hydrogens (tertiary/aromatic N) is 4. The third-order valence-corrected chi connectivity index (χ3v) is 6.91. The van der Waals surface area contributed by atoms with Gasteiger partial charge in [0.05, 0.1) is 11.2 Å². The van der Waals surface area contributed by atoms with Gasteiger partial charge in [0, 0.05) is 15.2 Å². The minimum Gasteiger partial charge on any atom is -0.399 e. The van der Waals surface area contributed by atoms with Crippen LogP contribution in [-0.4, -0.2) is 28.3 Å². The predicted molar refractivity (Wildman–Crippen MR) is 153 cm³/mol. The second-order valence-corrected chi connectivity index (χ2v) is 9.78. The molecule has 0 bridgehead atoms. The van der Waals surface area contributed by atoms with Crippen molar-refractivity contribution in [2.45, 2.75) is 53.8 Å². The van der Waals surface area contributed by atoms with Crippen LogP contribution >= 0.6 is 15.9 Å². The molecule has 2 aromatic carbocycles. The molecule has 0 radical (unpaired) electrons. The molecule has 0 saturated carbocycles. The quantitative estimate of drug-likeness (QED) is 0.180. The van der Waals surface area contributed by atoms with Crippen molar-refractivity contribution in [1.29, 1.82) is 0 Å². The van der Waals surface area contributed by atoms with Gasteiger partial charge >= 0.3 is 7.12 Å². The van der Waals surface area contributed by atoms with E-state index in [4.69, 9.17) is 22.5 Å². The highest BCUT2D eigenvalue weighted by atomic mass is 79.9. The first-order valence-electron chi connectivity index (χ1n) is 10.7. The van der Waals surface area contributed by atoms with Crippen LogP contribution < -0.4 is 5.46 Å². The maximum atomic E-state index is 7.06. The van der Waals surface area contributed by atoms with Gasteiger partial charge in [-0.05, 0) is 62.1 Å². The van der Waals surface area contributed by atoms with E-state index in [-0.39, 0.29) is 26.1 Å². The van der Waals surface area contributed by atoms with E-state index < -0.39 is 7.12 Å². The van der Waals surface area contributed by atoms with Gasteiger partial charge in [-0.1, -0.05) is 74.3 Å². The van der Waals surface area contributed by atoms with Gasteiger partial charge in [-0.25, -0.2) is 0 Å². The number of halogens is 1. The zero-order chi connectivity index (χ0) is 24.5. The molecule has 184 valence electrons. The molecule has 2 aromatic heterocycles. The average Bonchev–Trinajstić information content (AvgIpc) is 3.05. The molecule has 5 rings (SSSR count). The molecule has 4 aromatic rings. The van der Waals surface area contributed by atoms with Crippen LogP contribution in [-0.2, 0) is 9.31 Å². The molecule has 1 aliphatic rings. The fourth-order valence-corrected chi connectivity index (χ4v) is 4.09. The van der Waals surface area contributed by atoms with Gasteiger partial charge < -0.3 is 19.0 Å². The maximum Gasteiger partial charge on any atom is 0.495 e. The van der Waals surface area contributed by atoms with E-state index in [2.05, 4.69) is 35.6 Å². The van der Waals surface area contributed by atoms with Crippen LogP contribution in [0, 0.1) is 13.1 Å². The van der Waals surface area contributed by atoms with Gasteiger partial charge in [0.2, 0.25) is 0 Å². The van der Waals surface area contributed by atoms with Crippen molar-refractivity contribution in [3.63, 3.8) is 0 Å². The smallest absolute Gasteiger partial charge is 0.399 e. The molecule has 0 aliphatic carbocycles. The Labute approximate surface area is 222 Å². The topological polar surface area (TPSA) is 53.0 Å². The Balaban J connectivity index is 0.000000264. The summed E-state index contributed by atoms with van der Waals surface area (Å²) in [4.78, 5) is 14.8. The summed E-state index contributed by atoms with van der Waals surface area (Å²) in [7, 11) is -0.417. The molecule has 0 spiro atoms. The third-order valence-electron chi connectivity index (χ3n) is 6.22. The number of benzene rings is 2. The fraction of sp³-hybridized carbons (Fsp3) is 0.286. The number of rotatable bonds is 1. The molecule has 6 nitrogen and oxygen atoms in total. The van der Waals surface area contributed by atoms with Crippen LogP contribution in [0.15, 0.2) is 65.4 Å². The summed E-state index contributed by atoms with van der Waals surface area (Å²) >= 11 is 3.43. The second kappa shape index (κ2) is 11.2. The SMILES string of the molecule is C.C.[C-]#[N+]c1cc2cccc(B3OC(C)(C)C(C)(C)O3)c2cn1.[C-]#[N+]c1cc2cccc(Br)c2cn1. The normalized spacial score (nSPS) is 15.0. The summed E-state index contributed by atoms with van der Waals surface area (Å²) < 4.78 is 13.2. The number of aromatic nitrogens is 2. The molecule has 1 fully saturated rings. The highest BCUT2D eigenvalue weighted by Gasteiger charge is 2.52. The zero-order valence-corrected chi connectivity index (χ0v) is 20.9. The van der Waals surface area contributed by atoms with Crippen LogP contribution in [0.3, 0.4) is 0 Å². The van der Waals surface area contributed by atoms with Crippen LogP contribution in [0.2, 0.25) is 0 Å². The molecule has 0 N–H and O–H groups in total. The Morgan fingerprint density at radius 2 is 1.25 bits per heavy atom. The van der Waals surface area contributed by atoms with Crippen molar-refractivity contribution in [2.24, 2.45) is 0 Å². The minimum atomic E-state index is -0.417. The van der Waals surface area contributed by atoms with Crippen molar-refractivity contribution >= 4 is 61.7 Å². The largest absolute Gasteiger partial charge is 0.495 e. The number of hydrogen-bond acceptors (Lipinski definition) is 4. The van der Waals surface area contributed by atoms with E-state index in [1.807, 2.05) is 64.1 Å². The second-order valence-electron chi connectivity index (χ2n) is 8.93. The Kier molecular flexibility index (Phi) is 8.99. The zero-order valence-electron chi connectivity index (χ0n) is 19.3. The van der Waals surface area contributed by atoms with Crippen LogP contribution in [0.25, 0.3) is 31.2 Å². The summed E-state index contributed by atoms with van der Waals surface area (Å²) in [5.41, 5.74) is 0.211. The number of hydrogen-bond donors (Lipinski definition) is 0. The van der Waals surface area contributed by atoms with Crippen molar-refractivity contribution in [3.05, 3.63) is 88.2 Å². The molecule has 0 atom stereocenters. The highest BCUT2D eigenvalue weighted by molar-refractivity contribution is 9.10. The third kappa shape index (κ3) is 5.58. The highest BCUT2D eigenvalue weighted by Crippen LogP contribution is 2.37. The molecular formula is C28H30BBrN4O2. The first kappa shape index (κ1) is 28.9. The van der Waals surface area contributed by atoms with Gasteiger partial charge in [-0.2, -0.15) is 0 Å². The van der Waals surface area contributed by atoms with Crippen molar-refractivity contribution in [2.75, 3.05) is 0 Å². The first-order chi connectivity index (χ1) is 16.1. The molecule has 0 amide bonds. The molecular weight excluding hydrogens is 515 g/mol. The van der Waals surface area contributed by atoms with Crippen molar-refractivity contribution < 1.29 is 9.31 Å². The molecule has 1 aliphatic heterocycles. The monoisotopic (exact) mass is 544 g/mol. The van der Waals surface area contributed by atoms with E-state index in [0.717, 1.165) is 31.5 Å². The molecule has 3 heterocycles. The van der Waals surface area contributed by atoms with Crippen molar-refractivity contribution in [1.82, 2.24) is 9.97 Å². The average molecular weight is 545 g/mol. The summed E-state index contributed by atoms with van der Waals surface area (Å²) in [5, 5.41) is 4.01. The molecule has 36 heavy (non-hydrogen) atoms. The summed E-state index contributed by atoms with van der Waals surface area (Å²) in [6.45, 7) is 22.0. The molecule has 1 saturated heterocycles. The van der Waals surface area contributed by atoms with Gasteiger partial charge in [-0.3, -0.25) is 0 Å². The molecule has 0 unspecified atom stereocenters. The lowest BCUT2D eigenvalue weighted by Crippen LogP contribution is -2.41. The van der Waals surface area contributed by atoms with E-state index in [1.54, 1.807) is 24.5 Å². The Hall–Kier alpha value is -3.30. The van der Waals surface area contributed by atoms with Gasteiger partial charge in [0.1, 0.15) is 12.4 Å². The van der Waals surface area contributed by atoms with Gasteiger partial charge in [0.25, 0.3) is 11.6 Å². The lowest BCUT2D eigenvalue weighted by Gasteiger charge is -2.32. The fourth-order valence-electron chi connectivity index (χ4n) is 3.60. The maximum absolute atomic E-state index is 7.06. The van der Waals surface area contributed by atoms with Crippen LogP contribution in [0.4, 0.5) is 11.6 Å². The minimum absolute atomic E-state index is 0. The first-order valence-corrected chi connectivity index (χ1v) is 11.5. The Morgan fingerprint density at radius 3 is 1.78 bits per heavy atom. The Morgan fingerprint density at radius 1 is 0.778 bits per heavy atom. The predicted octanol–water partition coefficient (Wildman–Crippen LogP) is 7.91. The lowest BCUT2D eigenvalue weighted by atomic mass is 9.76. The van der Waals surface area contributed by atoms with E-state index >= 15 is 0 Å². The number of pyridine rings is 2. The van der Waals surface area contributed by atoms with E-state index in [9.17, 15) is 0 Å². The summed E-state index contributed by atoms with van der Waals surface area (Å²) in [6.07, 6.45) is 3.44. The number of fused-ring (bicyclic) bond motifs is 2. The molecule has 8 heteroatoms. The summed E-state index contributed by atoms with van der Waals surface area (Å²) in [5.74, 6) is 0.833.